The average molecular weight is 274 g/mol. The lowest BCUT2D eigenvalue weighted by atomic mass is 9.98. The van der Waals surface area contributed by atoms with Crippen LogP contribution in [-0.2, 0) is 4.74 Å². The molecule has 0 amide bonds. The number of ether oxygens (including phenoxy) is 1. The molecule has 0 spiro atoms. The smallest absolute Gasteiger partial charge is 0.134 e. The monoisotopic (exact) mass is 273 g/mol. The standard InChI is InChI=1S/C11H16BrNO2/c1-13-10(6-8-2-4-14-7-8)11-9(12)3-5-15-11/h3,5,8,10,13H,2,4,6-7H2,1H3. The Morgan fingerprint density at radius 2 is 2.53 bits per heavy atom. The molecule has 2 atom stereocenters. The maximum Gasteiger partial charge on any atom is 0.134 e. The van der Waals surface area contributed by atoms with E-state index in [0.717, 1.165) is 36.3 Å². The van der Waals surface area contributed by atoms with E-state index >= 15 is 0 Å². The third kappa shape index (κ3) is 2.62. The number of hydrogen-bond donors (Lipinski definition) is 1. The van der Waals surface area contributed by atoms with Crippen molar-refractivity contribution in [2.45, 2.75) is 18.9 Å². The Balaban J connectivity index is 2.00. The van der Waals surface area contributed by atoms with Crippen LogP contribution in [0, 0.1) is 5.92 Å². The summed E-state index contributed by atoms with van der Waals surface area (Å²) in [4.78, 5) is 0. The molecule has 15 heavy (non-hydrogen) atoms. The molecule has 2 heterocycles. The molecule has 1 saturated heterocycles. The molecule has 1 aromatic heterocycles. The Labute approximate surface area is 98.3 Å². The minimum Gasteiger partial charge on any atom is -0.466 e. The molecular formula is C11H16BrNO2. The van der Waals surface area contributed by atoms with Crippen molar-refractivity contribution < 1.29 is 9.15 Å². The zero-order valence-corrected chi connectivity index (χ0v) is 10.4. The number of halogens is 1. The summed E-state index contributed by atoms with van der Waals surface area (Å²) in [5.41, 5.74) is 0. The highest BCUT2D eigenvalue weighted by Gasteiger charge is 2.23. The van der Waals surface area contributed by atoms with Gasteiger partial charge in [-0.3, -0.25) is 0 Å². The van der Waals surface area contributed by atoms with Crippen LogP contribution in [0.1, 0.15) is 24.6 Å². The summed E-state index contributed by atoms with van der Waals surface area (Å²) >= 11 is 3.49. The fourth-order valence-corrected chi connectivity index (χ4v) is 2.49. The van der Waals surface area contributed by atoms with E-state index in [-0.39, 0.29) is 6.04 Å². The lowest BCUT2D eigenvalue weighted by Crippen LogP contribution is -2.20. The Morgan fingerprint density at radius 1 is 1.67 bits per heavy atom. The Morgan fingerprint density at radius 3 is 3.07 bits per heavy atom. The first-order chi connectivity index (χ1) is 7.31. The number of rotatable bonds is 4. The number of hydrogen-bond acceptors (Lipinski definition) is 3. The van der Waals surface area contributed by atoms with Crippen molar-refractivity contribution in [3.63, 3.8) is 0 Å². The number of nitrogens with one attached hydrogen (secondary N) is 1. The first-order valence-electron chi connectivity index (χ1n) is 5.29. The summed E-state index contributed by atoms with van der Waals surface area (Å²) in [5.74, 6) is 1.64. The van der Waals surface area contributed by atoms with E-state index in [0.29, 0.717) is 5.92 Å². The second-order valence-corrected chi connectivity index (χ2v) is 4.79. The van der Waals surface area contributed by atoms with Crippen molar-refractivity contribution in [3.8, 4) is 0 Å². The Hall–Kier alpha value is -0.320. The highest BCUT2D eigenvalue weighted by atomic mass is 79.9. The maximum absolute atomic E-state index is 5.48. The largest absolute Gasteiger partial charge is 0.466 e. The second kappa shape index (κ2) is 5.14. The van der Waals surface area contributed by atoms with E-state index in [4.69, 9.17) is 9.15 Å². The summed E-state index contributed by atoms with van der Waals surface area (Å²) in [6, 6.07) is 2.21. The zero-order chi connectivity index (χ0) is 10.7. The predicted molar refractivity (Wildman–Crippen MR) is 61.8 cm³/mol. The van der Waals surface area contributed by atoms with E-state index in [1.54, 1.807) is 6.26 Å². The lowest BCUT2D eigenvalue weighted by molar-refractivity contribution is 0.180. The minimum absolute atomic E-state index is 0.279. The Bertz CT molecular complexity index is 307. The topological polar surface area (TPSA) is 34.4 Å². The van der Waals surface area contributed by atoms with Crippen LogP contribution >= 0.6 is 15.9 Å². The summed E-state index contributed by atoms with van der Waals surface area (Å²) in [5, 5.41) is 3.29. The van der Waals surface area contributed by atoms with Gasteiger partial charge in [0.15, 0.2) is 0 Å². The van der Waals surface area contributed by atoms with Crippen molar-refractivity contribution >= 4 is 15.9 Å². The molecule has 84 valence electrons. The van der Waals surface area contributed by atoms with Gasteiger partial charge in [0.1, 0.15) is 5.76 Å². The molecule has 0 saturated carbocycles. The van der Waals surface area contributed by atoms with E-state index in [2.05, 4.69) is 21.2 Å². The molecule has 4 heteroatoms. The van der Waals surface area contributed by atoms with Gasteiger partial charge >= 0.3 is 0 Å². The molecule has 0 aliphatic carbocycles. The van der Waals surface area contributed by atoms with Gasteiger partial charge in [0.25, 0.3) is 0 Å². The third-order valence-electron chi connectivity index (χ3n) is 2.90. The van der Waals surface area contributed by atoms with Crippen molar-refractivity contribution in [2.75, 3.05) is 20.3 Å². The van der Waals surface area contributed by atoms with Gasteiger partial charge in [-0.05, 0) is 47.8 Å². The van der Waals surface area contributed by atoms with Crippen LogP contribution in [0.2, 0.25) is 0 Å². The van der Waals surface area contributed by atoms with Gasteiger partial charge in [-0.25, -0.2) is 0 Å². The van der Waals surface area contributed by atoms with Crippen molar-refractivity contribution in [1.82, 2.24) is 5.32 Å². The highest BCUT2D eigenvalue weighted by molar-refractivity contribution is 9.10. The van der Waals surface area contributed by atoms with E-state index in [9.17, 15) is 0 Å². The second-order valence-electron chi connectivity index (χ2n) is 3.94. The quantitative estimate of drug-likeness (QED) is 0.916. The molecule has 1 fully saturated rings. The van der Waals surface area contributed by atoms with E-state index in [1.807, 2.05) is 13.1 Å². The van der Waals surface area contributed by atoms with Crippen LogP contribution in [0.15, 0.2) is 21.2 Å². The molecule has 0 radical (unpaired) electrons. The molecule has 0 aromatic carbocycles. The molecule has 2 rings (SSSR count). The summed E-state index contributed by atoms with van der Waals surface area (Å²) in [6.45, 7) is 1.79. The van der Waals surface area contributed by atoms with Crippen molar-refractivity contribution in [2.24, 2.45) is 5.92 Å². The summed E-state index contributed by atoms with van der Waals surface area (Å²) in [6.07, 6.45) is 3.95. The molecule has 3 nitrogen and oxygen atoms in total. The lowest BCUT2D eigenvalue weighted by Gasteiger charge is -2.17. The molecule has 2 unspecified atom stereocenters. The minimum atomic E-state index is 0.279. The summed E-state index contributed by atoms with van der Waals surface area (Å²) < 4.78 is 11.9. The van der Waals surface area contributed by atoms with Gasteiger partial charge in [0.05, 0.1) is 16.8 Å². The fraction of sp³-hybridized carbons (Fsp3) is 0.636. The molecule has 1 aliphatic rings. The first-order valence-corrected chi connectivity index (χ1v) is 6.08. The van der Waals surface area contributed by atoms with Gasteiger partial charge in [-0.15, -0.1) is 0 Å². The van der Waals surface area contributed by atoms with E-state index < -0.39 is 0 Å². The van der Waals surface area contributed by atoms with Crippen LogP contribution in [0.5, 0.6) is 0 Å². The van der Waals surface area contributed by atoms with Crippen molar-refractivity contribution in [3.05, 3.63) is 22.6 Å². The van der Waals surface area contributed by atoms with Gasteiger partial charge in [0.2, 0.25) is 0 Å². The van der Waals surface area contributed by atoms with Gasteiger partial charge in [-0.1, -0.05) is 0 Å². The third-order valence-corrected chi connectivity index (χ3v) is 3.56. The molecule has 1 N–H and O–H groups in total. The highest BCUT2D eigenvalue weighted by Crippen LogP contribution is 2.31. The van der Waals surface area contributed by atoms with Crippen LogP contribution in [-0.4, -0.2) is 20.3 Å². The van der Waals surface area contributed by atoms with Gasteiger partial charge in [-0.2, -0.15) is 0 Å². The molecular weight excluding hydrogens is 258 g/mol. The summed E-state index contributed by atoms with van der Waals surface area (Å²) in [7, 11) is 1.97. The number of furan rings is 1. The van der Waals surface area contributed by atoms with Crippen LogP contribution in [0.25, 0.3) is 0 Å². The Kier molecular flexibility index (Phi) is 3.83. The van der Waals surface area contributed by atoms with Crippen LogP contribution in [0.3, 0.4) is 0 Å². The zero-order valence-electron chi connectivity index (χ0n) is 8.83. The normalized spacial score (nSPS) is 23.2. The van der Waals surface area contributed by atoms with Crippen molar-refractivity contribution in [1.29, 1.82) is 0 Å². The predicted octanol–water partition coefficient (Wildman–Crippen LogP) is 2.73. The molecule has 1 aliphatic heterocycles. The van der Waals surface area contributed by atoms with Crippen LogP contribution < -0.4 is 5.32 Å². The fourth-order valence-electron chi connectivity index (χ4n) is 2.01. The van der Waals surface area contributed by atoms with Gasteiger partial charge < -0.3 is 14.5 Å². The van der Waals surface area contributed by atoms with Crippen LogP contribution in [0.4, 0.5) is 0 Å². The van der Waals surface area contributed by atoms with E-state index in [1.165, 1.54) is 0 Å². The first kappa shape index (κ1) is 11.2. The average Bonchev–Trinajstić information content (AvgIpc) is 2.85. The van der Waals surface area contributed by atoms with Gasteiger partial charge in [0, 0.05) is 13.2 Å². The molecule has 1 aromatic rings. The SMILES string of the molecule is CNC(CC1CCOC1)c1occc1Br. The molecule has 0 bridgehead atoms. The maximum atomic E-state index is 5.48.